The predicted octanol–water partition coefficient (Wildman–Crippen LogP) is -0.0858. The van der Waals surface area contributed by atoms with Crippen LogP contribution in [-0.2, 0) is 9.59 Å². The number of rotatable bonds is 9. The molecule has 0 aliphatic heterocycles. The fourth-order valence-electron chi connectivity index (χ4n) is 2.06. The Morgan fingerprint density at radius 3 is 2.37 bits per heavy atom. The normalized spacial score (nSPS) is 12.0. The van der Waals surface area contributed by atoms with Gasteiger partial charge in [0.1, 0.15) is 11.1 Å². The fraction of sp³-hybridized carbons (Fsp3) is 0.357. The molecule has 5 N–H and O–H groups in total. The van der Waals surface area contributed by atoms with Crippen LogP contribution in [0.3, 0.4) is 0 Å². The zero-order valence-corrected chi connectivity index (χ0v) is 14.4. The van der Waals surface area contributed by atoms with Gasteiger partial charge in [-0.05, 0) is 25.0 Å². The molecule has 0 aliphatic rings. The van der Waals surface area contributed by atoms with E-state index >= 15 is 0 Å². The second-order valence-electron chi connectivity index (χ2n) is 5.34. The molecule has 13 heteroatoms. The first-order valence-electron chi connectivity index (χ1n) is 7.73. The summed E-state index contributed by atoms with van der Waals surface area (Å²) in [5, 5.41) is 30.3. The van der Waals surface area contributed by atoms with Crippen LogP contribution in [-0.4, -0.2) is 40.3 Å². The molecule has 0 radical (unpaired) electrons. The number of hydrogen-bond donors (Lipinski definition) is 4. The van der Waals surface area contributed by atoms with Crippen LogP contribution in [0.5, 0.6) is 0 Å². The number of nitro benzene ring substituents is 1. The van der Waals surface area contributed by atoms with E-state index in [9.17, 15) is 29.8 Å². The van der Waals surface area contributed by atoms with E-state index in [1.807, 2.05) is 0 Å². The van der Waals surface area contributed by atoms with E-state index in [0.29, 0.717) is 12.1 Å². The van der Waals surface area contributed by atoms with Crippen molar-refractivity contribution in [2.75, 3.05) is 11.9 Å². The first kappa shape index (κ1) is 21.3. The summed E-state index contributed by atoms with van der Waals surface area (Å²) in [7, 11) is 0. The Morgan fingerprint density at radius 2 is 1.85 bits per heavy atom. The SMILES string of the molecule is CC(=O)N[C@@H](CCCN/C(N)=N\[N+](=O)[O-])C(=O)Nc1ccc([N+](=O)[O-])cc1. The van der Waals surface area contributed by atoms with Crippen molar-refractivity contribution in [2.45, 2.75) is 25.8 Å². The van der Waals surface area contributed by atoms with Crippen molar-refractivity contribution < 1.29 is 19.5 Å². The molecule has 0 spiro atoms. The summed E-state index contributed by atoms with van der Waals surface area (Å²) in [6.45, 7) is 1.45. The number of nitrogens with two attached hydrogens (primary N) is 1. The Kier molecular flexibility index (Phi) is 8.09. The molecule has 1 aromatic carbocycles. The molecule has 1 rings (SSSR count). The Morgan fingerprint density at radius 1 is 1.22 bits per heavy atom. The highest BCUT2D eigenvalue weighted by Crippen LogP contribution is 2.15. The number of non-ortho nitro benzene ring substituents is 1. The lowest BCUT2D eigenvalue weighted by Gasteiger charge is -2.17. The number of carbonyl (C=O) groups is 2. The van der Waals surface area contributed by atoms with E-state index in [2.05, 4.69) is 21.1 Å². The van der Waals surface area contributed by atoms with Gasteiger partial charge in [0.15, 0.2) is 5.03 Å². The van der Waals surface area contributed by atoms with Gasteiger partial charge in [0.05, 0.1) is 4.92 Å². The molecule has 0 heterocycles. The van der Waals surface area contributed by atoms with Gasteiger partial charge in [0.2, 0.25) is 11.8 Å². The minimum absolute atomic E-state index is 0.119. The van der Waals surface area contributed by atoms with Gasteiger partial charge in [-0.1, -0.05) is 0 Å². The summed E-state index contributed by atoms with van der Waals surface area (Å²) in [5.74, 6) is -1.29. The van der Waals surface area contributed by atoms with Crippen molar-refractivity contribution in [2.24, 2.45) is 10.8 Å². The lowest BCUT2D eigenvalue weighted by molar-refractivity contribution is -0.485. The maximum absolute atomic E-state index is 12.3. The molecule has 0 aliphatic carbocycles. The van der Waals surface area contributed by atoms with Crippen molar-refractivity contribution in [1.29, 1.82) is 0 Å². The van der Waals surface area contributed by atoms with Crippen molar-refractivity contribution in [1.82, 2.24) is 10.6 Å². The minimum atomic E-state index is -0.944. The zero-order chi connectivity index (χ0) is 20.4. The number of amides is 2. The number of benzene rings is 1. The highest BCUT2D eigenvalue weighted by atomic mass is 16.7. The Balaban J connectivity index is 2.61. The maximum atomic E-state index is 12.3. The van der Waals surface area contributed by atoms with Crippen molar-refractivity contribution in [3.8, 4) is 0 Å². The molecular formula is C14H19N7O6. The second kappa shape index (κ2) is 10.3. The van der Waals surface area contributed by atoms with E-state index in [-0.39, 0.29) is 24.6 Å². The summed E-state index contributed by atoms with van der Waals surface area (Å²) >= 11 is 0. The van der Waals surface area contributed by atoms with Gasteiger partial charge < -0.3 is 21.7 Å². The van der Waals surface area contributed by atoms with Crippen LogP contribution in [0.15, 0.2) is 29.4 Å². The van der Waals surface area contributed by atoms with E-state index in [0.717, 1.165) is 0 Å². The van der Waals surface area contributed by atoms with Crippen LogP contribution >= 0.6 is 0 Å². The number of hydrogen-bond acceptors (Lipinski definition) is 6. The molecule has 0 fully saturated rings. The number of carbonyl (C=O) groups excluding carboxylic acids is 2. The molecule has 0 bridgehead atoms. The van der Waals surface area contributed by atoms with Gasteiger partial charge in [-0.3, -0.25) is 19.7 Å². The molecular weight excluding hydrogens is 362 g/mol. The van der Waals surface area contributed by atoms with Gasteiger partial charge in [-0.2, -0.15) is 0 Å². The molecule has 27 heavy (non-hydrogen) atoms. The smallest absolute Gasteiger partial charge is 0.269 e. The minimum Gasteiger partial charge on any atom is -0.365 e. The van der Waals surface area contributed by atoms with Gasteiger partial charge >= 0.3 is 0 Å². The fourth-order valence-corrected chi connectivity index (χ4v) is 2.06. The lowest BCUT2D eigenvalue weighted by atomic mass is 10.1. The van der Waals surface area contributed by atoms with Crippen LogP contribution in [0, 0.1) is 20.2 Å². The van der Waals surface area contributed by atoms with Gasteiger partial charge in [0, 0.05) is 31.3 Å². The predicted molar refractivity (Wildman–Crippen MR) is 95.2 cm³/mol. The average Bonchev–Trinajstić information content (AvgIpc) is 2.57. The largest absolute Gasteiger partial charge is 0.365 e. The maximum Gasteiger partial charge on any atom is 0.269 e. The first-order valence-corrected chi connectivity index (χ1v) is 7.73. The van der Waals surface area contributed by atoms with Crippen molar-refractivity contribution in [3.63, 3.8) is 0 Å². The molecule has 0 aromatic heterocycles. The van der Waals surface area contributed by atoms with E-state index < -0.39 is 27.8 Å². The number of guanidine groups is 1. The summed E-state index contributed by atoms with van der Waals surface area (Å²) in [6, 6.07) is 4.36. The molecule has 0 unspecified atom stereocenters. The molecule has 146 valence electrons. The molecule has 1 aromatic rings. The quantitative estimate of drug-likeness (QED) is 0.150. The van der Waals surface area contributed by atoms with Crippen molar-refractivity contribution in [3.05, 3.63) is 44.5 Å². The molecule has 13 nitrogen and oxygen atoms in total. The van der Waals surface area contributed by atoms with Crippen molar-refractivity contribution >= 4 is 29.1 Å². The number of hydrazone groups is 1. The topological polar surface area (TPSA) is 195 Å². The van der Waals surface area contributed by atoms with Crippen LogP contribution in [0.2, 0.25) is 0 Å². The molecule has 0 saturated carbocycles. The van der Waals surface area contributed by atoms with E-state index in [1.165, 1.54) is 31.2 Å². The van der Waals surface area contributed by atoms with Gasteiger partial charge in [-0.25, -0.2) is 10.1 Å². The van der Waals surface area contributed by atoms with Crippen LogP contribution in [0.4, 0.5) is 11.4 Å². The third-order valence-corrected chi connectivity index (χ3v) is 3.20. The number of nitro groups is 2. The third kappa shape index (κ3) is 8.24. The summed E-state index contributed by atoms with van der Waals surface area (Å²) in [6.07, 6.45) is 0.573. The number of anilines is 1. The molecule has 1 atom stereocenters. The van der Waals surface area contributed by atoms with Crippen LogP contribution < -0.4 is 21.7 Å². The summed E-state index contributed by atoms with van der Waals surface area (Å²) < 4.78 is 0. The summed E-state index contributed by atoms with van der Waals surface area (Å²) in [5.41, 5.74) is 5.48. The number of nitrogens with one attached hydrogen (secondary N) is 3. The second-order valence-corrected chi connectivity index (χ2v) is 5.34. The average molecular weight is 381 g/mol. The first-order chi connectivity index (χ1) is 12.7. The summed E-state index contributed by atoms with van der Waals surface area (Å²) in [4.78, 5) is 43.8. The monoisotopic (exact) mass is 381 g/mol. The Bertz CT molecular complexity index is 734. The standard InChI is InChI=1S/C14H19N7O6/c1-9(22)17-12(3-2-8-16-14(15)19-21(26)27)13(23)18-10-4-6-11(7-5-10)20(24)25/h4-7,12H,2-3,8H2,1H3,(H,17,22)(H,18,23)(H3,15,16,19)/t12-/m0/s1. The van der Waals surface area contributed by atoms with Gasteiger partial charge in [0.25, 0.3) is 11.6 Å². The van der Waals surface area contributed by atoms with Gasteiger partial charge in [-0.15, -0.1) is 0 Å². The van der Waals surface area contributed by atoms with E-state index in [1.54, 1.807) is 0 Å². The Hall–Kier alpha value is -3.77. The van der Waals surface area contributed by atoms with Crippen LogP contribution in [0.25, 0.3) is 0 Å². The van der Waals surface area contributed by atoms with E-state index in [4.69, 9.17) is 5.73 Å². The number of nitrogens with zero attached hydrogens (tertiary/aromatic N) is 3. The zero-order valence-electron chi connectivity index (χ0n) is 14.4. The third-order valence-electron chi connectivity index (χ3n) is 3.20. The highest BCUT2D eigenvalue weighted by Gasteiger charge is 2.19. The molecule has 0 saturated heterocycles. The lowest BCUT2D eigenvalue weighted by Crippen LogP contribution is -2.43. The highest BCUT2D eigenvalue weighted by molar-refractivity contribution is 5.97. The Labute approximate surface area is 153 Å². The van der Waals surface area contributed by atoms with Crippen LogP contribution in [0.1, 0.15) is 19.8 Å². The molecule has 2 amide bonds.